The lowest BCUT2D eigenvalue weighted by molar-refractivity contribution is 0.0991. The normalized spacial score (nSPS) is 10.7. The van der Waals surface area contributed by atoms with Gasteiger partial charge in [-0.2, -0.15) is 0 Å². The van der Waals surface area contributed by atoms with Crippen LogP contribution in [0.1, 0.15) is 27.4 Å². The minimum absolute atomic E-state index is 0.142. The quantitative estimate of drug-likeness (QED) is 0.466. The third-order valence-electron chi connectivity index (χ3n) is 4.45. The SMILES string of the molecule is Cc1ccccc1Cn1cnc(NC(=O)c2ccc(COc3ccccc3Cl)o2)n1. The zero-order valence-electron chi connectivity index (χ0n) is 16.2. The minimum Gasteiger partial charge on any atom is -0.484 e. The van der Waals surface area contributed by atoms with Gasteiger partial charge >= 0.3 is 0 Å². The van der Waals surface area contributed by atoms with Gasteiger partial charge in [0.15, 0.2) is 5.76 Å². The number of carbonyl (C=O) groups is 1. The number of benzene rings is 2. The molecule has 2 aromatic carbocycles. The molecule has 1 N–H and O–H groups in total. The maximum absolute atomic E-state index is 12.4. The van der Waals surface area contributed by atoms with Crippen LogP contribution in [0, 0.1) is 6.92 Å². The van der Waals surface area contributed by atoms with Crippen LogP contribution in [0.5, 0.6) is 5.75 Å². The van der Waals surface area contributed by atoms with Crippen molar-refractivity contribution in [3.63, 3.8) is 0 Å². The fourth-order valence-corrected chi connectivity index (χ4v) is 3.03. The van der Waals surface area contributed by atoms with Crippen molar-refractivity contribution in [2.75, 3.05) is 5.32 Å². The highest BCUT2D eigenvalue weighted by atomic mass is 35.5. The summed E-state index contributed by atoms with van der Waals surface area (Å²) in [7, 11) is 0. The minimum atomic E-state index is -0.437. The first kappa shape index (κ1) is 19.7. The number of anilines is 1. The monoisotopic (exact) mass is 422 g/mol. The fourth-order valence-electron chi connectivity index (χ4n) is 2.84. The molecule has 2 aromatic heterocycles. The predicted molar refractivity (Wildman–Crippen MR) is 113 cm³/mol. The highest BCUT2D eigenvalue weighted by Crippen LogP contribution is 2.24. The smallest absolute Gasteiger partial charge is 0.293 e. The molecule has 0 saturated carbocycles. The third-order valence-corrected chi connectivity index (χ3v) is 4.76. The van der Waals surface area contributed by atoms with E-state index in [1.54, 1.807) is 35.3 Å². The molecule has 0 atom stereocenters. The second kappa shape index (κ2) is 8.84. The molecule has 2 heterocycles. The first-order chi connectivity index (χ1) is 14.6. The number of aromatic nitrogens is 3. The summed E-state index contributed by atoms with van der Waals surface area (Å²) >= 11 is 6.06. The van der Waals surface area contributed by atoms with Crippen molar-refractivity contribution in [3.8, 4) is 5.75 Å². The van der Waals surface area contributed by atoms with Crippen LogP contribution in [0.2, 0.25) is 5.02 Å². The Morgan fingerprint density at radius 2 is 1.93 bits per heavy atom. The number of para-hydroxylation sites is 1. The van der Waals surface area contributed by atoms with Crippen LogP contribution in [-0.2, 0) is 13.2 Å². The predicted octanol–water partition coefficient (Wildman–Crippen LogP) is 4.71. The van der Waals surface area contributed by atoms with Gasteiger partial charge in [-0.05, 0) is 42.3 Å². The van der Waals surface area contributed by atoms with Gasteiger partial charge < -0.3 is 9.15 Å². The lowest BCUT2D eigenvalue weighted by Crippen LogP contribution is -2.12. The Labute approximate surface area is 178 Å². The lowest BCUT2D eigenvalue weighted by Gasteiger charge is -2.05. The molecule has 0 bridgehead atoms. The second-order valence-electron chi connectivity index (χ2n) is 6.63. The van der Waals surface area contributed by atoms with E-state index in [0.717, 1.165) is 5.56 Å². The molecule has 0 spiro atoms. The summed E-state index contributed by atoms with van der Waals surface area (Å²) in [5.41, 5.74) is 2.30. The summed E-state index contributed by atoms with van der Waals surface area (Å²) in [5, 5.41) is 7.44. The number of halogens is 1. The van der Waals surface area contributed by atoms with E-state index in [9.17, 15) is 4.79 Å². The van der Waals surface area contributed by atoms with Crippen LogP contribution in [0.3, 0.4) is 0 Å². The van der Waals surface area contributed by atoms with Crippen molar-refractivity contribution in [3.05, 3.63) is 94.7 Å². The molecule has 7 nitrogen and oxygen atoms in total. The van der Waals surface area contributed by atoms with Crippen LogP contribution >= 0.6 is 11.6 Å². The van der Waals surface area contributed by atoms with E-state index in [2.05, 4.69) is 15.4 Å². The number of hydrogen-bond acceptors (Lipinski definition) is 5. The molecule has 0 aliphatic heterocycles. The van der Waals surface area contributed by atoms with Crippen LogP contribution in [0.15, 0.2) is 71.4 Å². The van der Waals surface area contributed by atoms with E-state index < -0.39 is 5.91 Å². The van der Waals surface area contributed by atoms with Crippen molar-refractivity contribution in [1.29, 1.82) is 0 Å². The van der Waals surface area contributed by atoms with E-state index >= 15 is 0 Å². The Morgan fingerprint density at radius 1 is 1.13 bits per heavy atom. The van der Waals surface area contributed by atoms with Gasteiger partial charge in [0.25, 0.3) is 5.91 Å². The van der Waals surface area contributed by atoms with Gasteiger partial charge in [-0.15, -0.1) is 5.10 Å². The van der Waals surface area contributed by atoms with Crippen molar-refractivity contribution in [1.82, 2.24) is 14.8 Å². The maximum Gasteiger partial charge on any atom is 0.293 e. The molecule has 0 saturated heterocycles. The summed E-state index contributed by atoms with van der Waals surface area (Å²) < 4.78 is 12.8. The van der Waals surface area contributed by atoms with Crippen LogP contribution in [0.4, 0.5) is 5.95 Å². The second-order valence-corrected chi connectivity index (χ2v) is 7.04. The molecular formula is C22H19ClN4O3. The molecule has 30 heavy (non-hydrogen) atoms. The summed E-state index contributed by atoms with van der Waals surface area (Å²) in [6, 6.07) is 18.4. The molecule has 0 unspecified atom stereocenters. The molecule has 8 heteroatoms. The van der Waals surface area contributed by atoms with E-state index in [4.69, 9.17) is 20.8 Å². The number of carbonyl (C=O) groups excluding carboxylic acids is 1. The highest BCUT2D eigenvalue weighted by molar-refractivity contribution is 6.32. The van der Waals surface area contributed by atoms with Gasteiger partial charge in [-0.25, -0.2) is 9.67 Å². The van der Waals surface area contributed by atoms with Crippen molar-refractivity contribution < 1.29 is 13.9 Å². The van der Waals surface area contributed by atoms with Crippen molar-refractivity contribution in [2.24, 2.45) is 0 Å². The molecule has 0 aliphatic rings. The average Bonchev–Trinajstić information content (AvgIpc) is 3.39. The first-order valence-electron chi connectivity index (χ1n) is 9.30. The summed E-state index contributed by atoms with van der Waals surface area (Å²) in [4.78, 5) is 16.6. The highest BCUT2D eigenvalue weighted by Gasteiger charge is 2.14. The molecular weight excluding hydrogens is 404 g/mol. The molecule has 1 amide bonds. The van der Waals surface area contributed by atoms with Gasteiger partial charge in [0, 0.05) is 0 Å². The Bertz CT molecular complexity index is 1170. The Morgan fingerprint density at radius 3 is 2.77 bits per heavy atom. The van der Waals surface area contributed by atoms with Crippen LogP contribution in [-0.4, -0.2) is 20.7 Å². The van der Waals surface area contributed by atoms with Gasteiger partial charge in [-0.1, -0.05) is 48.0 Å². The van der Waals surface area contributed by atoms with E-state index in [-0.39, 0.29) is 18.3 Å². The first-order valence-corrected chi connectivity index (χ1v) is 9.67. The Kier molecular flexibility index (Phi) is 5.81. The number of nitrogens with one attached hydrogen (secondary N) is 1. The van der Waals surface area contributed by atoms with E-state index in [1.165, 1.54) is 5.56 Å². The third kappa shape index (κ3) is 4.69. The number of rotatable bonds is 7. The summed E-state index contributed by atoms with van der Waals surface area (Å²) in [6.07, 6.45) is 1.58. The van der Waals surface area contributed by atoms with Crippen LogP contribution in [0.25, 0.3) is 0 Å². The van der Waals surface area contributed by atoms with E-state index in [0.29, 0.717) is 23.1 Å². The Balaban J connectivity index is 1.35. The summed E-state index contributed by atoms with van der Waals surface area (Å²) in [6.45, 7) is 2.76. The maximum atomic E-state index is 12.4. The van der Waals surface area contributed by atoms with Gasteiger partial charge in [0.1, 0.15) is 24.4 Å². The summed E-state index contributed by atoms with van der Waals surface area (Å²) in [5.74, 6) is 0.956. The largest absolute Gasteiger partial charge is 0.484 e. The molecule has 0 radical (unpaired) electrons. The fraction of sp³-hybridized carbons (Fsp3) is 0.136. The Hall–Kier alpha value is -3.58. The number of amides is 1. The zero-order chi connectivity index (χ0) is 20.9. The van der Waals surface area contributed by atoms with Gasteiger partial charge in [0.05, 0.1) is 11.6 Å². The zero-order valence-corrected chi connectivity index (χ0v) is 17.0. The average molecular weight is 423 g/mol. The van der Waals surface area contributed by atoms with Crippen molar-refractivity contribution >= 4 is 23.5 Å². The van der Waals surface area contributed by atoms with E-state index in [1.807, 2.05) is 43.3 Å². The number of aryl methyl sites for hydroxylation is 1. The van der Waals surface area contributed by atoms with Gasteiger partial charge in [0.2, 0.25) is 5.95 Å². The molecule has 0 fully saturated rings. The number of furan rings is 1. The topological polar surface area (TPSA) is 82.2 Å². The number of hydrogen-bond donors (Lipinski definition) is 1. The molecule has 4 aromatic rings. The molecule has 4 rings (SSSR count). The lowest BCUT2D eigenvalue weighted by atomic mass is 10.1. The molecule has 0 aliphatic carbocycles. The number of nitrogens with zero attached hydrogens (tertiary/aromatic N) is 3. The molecule has 152 valence electrons. The van der Waals surface area contributed by atoms with Gasteiger partial charge in [-0.3, -0.25) is 10.1 Å². The standard InChI is InChI=1S/C22H19ClN4O3/c1-15-6-2-3-7-16(15)12-27-14-24-22(26-27)25-21(28)20-11-10-17(30-20)13-29-19-9-5-4-8-18(19)23/h2-11,14H,12-13H2,1H3,(H,25,26,28). The van der Waals surface area contributed by atoms with Crippen LogP contribution < -0.4 is 10.1 Å². The number of ether oxygens (including phenoxy) is 1. The van der Waals surface area contributed by atoms with Crippen molar-refractivity contribution in [2.45, 2.75) is 20.1 Å².